The Morgan fingerprint density at radius 2 is 1.48 bits per heavy atom. The average molecular weight is 1160 g/mol. The van der Waals surface area contributed by atoms with E-state index in [0.29, 0.717) is 44.5 Å². The summed E-state index contributed by atoms with van der Waals surface area (Å²) >= 11 is 1.56. The Morgan fingerprint density at radius 1 is 0.805 bits per heavy atom. The second-order valence-electron chi connectivity index (χ2n) is 21.0. The number of halogens is 3. The fourth-order valence-electron chi connectivity index (χ4n) is 9.51. The number of nitrogens with one attached hydrogen (secondary N) is 5. The van der Waals surface area contributed by atoms with Crippen LogP contribution >= 0.6 is 11.3 Å². The van der Waals surface area contributed by atoms with Crippen LogP contribution in [0.2, 0.25) is 0 Å². The van der Waals surface area contributed by atoms with Crippen LogP contribution in [-0.2, 0) is 39.5 Å². The Hall–Kier alpha value is -6.93. The molecule has 2 fully saturated rings. The predicted octanol–water partition coefficient (Wildman–Crippen LogP) is 6.95. The molecule has 24 heteroatoms. The Morgan fingerprint density at radius 3 is 2.11 bits per heavy atom. The number of nitrogens with zero attached hydrogens (tertiary/aromatic N) is 5. The van der Waals surface area contributed by atoms with Crippen molar-refractivity contribution in [2.45, 2.75) is 71.4 Å². The fourth-order valence-corrected chi connectivity index (χ4v) is 10.3. The molecule has 0 saturated carbocycles. The van der Waals surface area contributed by atoms with Gasteiger partial charge in [0.15, 0.2) is 0 Å². The van der Waals surface area contributed by atoms with E-state index in [1.165, 1.54) is 37.3 Å². The largest absolute Gasteiger partial charge is 0.494 e. The summed E-state index contributed by atoms with van der Waals surface area (Å²) < 4.78 is 70.6. The number of anilines is 5. The van der Waals surface area contributed by atoms with Crippen LogP contribution in [0.1, 0.15) is 67.3 Å². The van der Waals surface area contributed by atoms with Crippen LogP contribution < -0.4 is 36.2 Å². The number of hydrogen-bond acceptors (Lipinski definition) is 17. The maximum atomic E-state index is 14.1. The molecular weight excluding hydrogens is 1090 g/mol. The summed E-state index contributed by atoms with van der Waals surface area (Å²) in [5.41, 5.74) is 4.49. The quantitative estimate of drug-likeness (QED) is 0.0292. The smallest absolute Gasteiger partial charge is 0.419 e. The normalized spacial score (nSPS) is 16.6. The minimum absolute atomic E-state index is 0.0371. The van der Waals surface area contributed by atoms with Crippen molar-refractivity contribution >= 4 is 63.5 Å². The van der Waals surface area contributed by atoms with Gasteiger partial charge in [-0.1, -0.05) is 57.2 Å². The number of methoxy groups -OCH3 is 1. The summed E-state index contributed by atoms with van der Waals surface area (Å²) in [6.07, 6.45) is -4.79. The molecule has 4 unspecified atom stereocenters. The number of likely N-dealkylation sites (tertiary alicyclic amines) is 1. The molecule has 3 aromatic carbocycles. The van der Waals surface area contributed by atoms with Gasteiger partial charge < -0.3 is 65.2 Å². The third-order valence-corrected chi connectivity index (χ3v) is 15.0. The van der Waals surface area contributed by atoms with E-state index >= 15 is 0 Å². The molecule has 2 aliphatic heterocycles. The maximum absolute atomic E-state index is 14.1. The SMILES string of the molecule is CNC(=O)c1ccccc1Nc1cc(Nc2ccc(N3CCN(CCOCCOCCOCCOCC(=O)NC(C(=O)N4CC(O)CC4C(=O)NC(C)c4ccc(-c5scnc5C)cc4)C(C)(C)C)CC3)cc2OC)ncc1C(F)(F)F. The van der Waals surface area contributed by atoms with E-state index in [-0.39, 0.29) is 67.5 Å². The molecule has 0 spiro atoms. The van der Waals surface area contributed by atoms with Gasteiger partial charge in [0.05, 0.1) is 110 Å². The lowest BCUT2D eigenvalue weighted by atomic mass is 9.85. The number of amides is 4. The number of rotatable bonds is 27. The number of pyridine rings is 1. The maximum Gasteiger partial charge on any atom is 0.419 e. The molecule has 0 radical (unpaired) electrons. The van der Waals surface area contributed by atoms with Crippen molar-refractivity contribution in [3.63, 3.8) is 0 Å². The lowest BCUT2D eigenvalue weighted by Crippen LogP contribution is -2.58. The standard InChI is InChI=1S/C58H75F3N10O10S/c1-37(39-12-14-40(15-13-39)52-38(2)64-36-82-52)65-55(75)48-31-42(72)34-71(48)56(76)53(57(3,4)5)68-51(73)35-81-29-28-80-27-26-79-25-24-78-23-22-69-18-20-70(21-19-69)41-16-17-46(49(30-41)77-7)67-50-32-47(44(33-63-50)58(59,60)61)66-45-11-9-8-10-43(45)54(74)62-6/h8-17,30,32-33,36-37,42,48,53,72H,18-29,31,34-35H2,1-7H3,(H,62,74)(H,65,75)(H,68,73)(H2,63,66,67). The number of aliphatic hydroxyl groups excluding tert-OH is 1. The zero-order valence-corrected chi connectivity index (χ0v) is 48.2. The Bertz CT molecular complexity index is 2920. The number of thiazole rings is 1. The summed E-state index contributed by atoms with van der Waals surface area (Å²) in [5, 5.41) is 24.8. The number of aryl methyl sites for hydroxylation is 1. The second-order valence-corrected chi connectivity index (χ2v) is 21.8. The van der Waals surface area contributed by atoms with E-state index in [2.05, 4.69) is 46.4 Å². The highest BCUT2D eigenvalue weighted by Crippen LogP contribution is 2.39. The number of β-amino-alcohol motifs (C(OH)–C–C–N with tert-alkyl or cyclic N) is 1. The molecule has 0 bridgehead atoms. The van der Waals surface area contributed by atoms with Crippen molar-refractivity contribution in [1.29, 1.82) is 0 Å². The molecule has 6 N–H and O–H groups in total. The first kappa shape index (κ1) is 62.7. The summed E-state index contributed by atoms with van der Waals surface area (Å²) in [4.78, 5) is 68.5. The molecule has 444 valence electrons. The minimum Gasteiger partial charge on any atom is -0.494 e. The van der Waals surface area contributed by atoms with Gasteiger partial charge in [0.2, 0.25) is 17.7 Å². The van der Waals surface area contributed by atoms with E-state index < -0.39 is 53.1 Å². The summed E-state index contributed by atoms with van der Waals surface area (Å²) in [7, 11) is 2.96. The van der Waals surface area contributed by atoms with Crippen LogP contribution in [0.25, 0.3) is 10.4 Å². The van der Waals surface area contributed by atoms with Gasteiger partial charge in [-0.25, -0.2) is 9.97 Å². The number of benzene rings is 3. The van der Waals surface area contributed by atoms with Crippen molar-refractivity contribution in [1.82, 2.24) is 35.7 Å². The highest BCUT2D eigenvalue weighted by molar-refractivity contribution is 7.13. The van der Waals surface area contributed by atoms with Crippen molar-refractivity contribution in [2.75, 3.05) is 122 Å². The molecule has 2 aromatic heterocycles. The number of piperazine rings is 1. The first-order valence-electron chi connectivity index (χ1n) is 27.2. The van der Waals surface area contributed by atoms with E-state index in [0.717, 1.165) is 66.3 Å². The first-order chi connectivity index (χ1) is 39.2. The molecule has 5 aromatic rings. The number of para-hydroxylation sites is 1. The number of carbonyl (C=O) groups excluding carboxylic acids is 4. The molecule has 7 rings (SSSR count). The number of aliphatic hydroxyl groups is 1. The van der Waals surface area contributed by atoms with Gasteiger partial charge in [0.25, 0.3) is 5.91 Å². The first-order valence-corrected chi connectivity index (χ1v) is 28.1. The minimum atomic E-state index is -4.71. The van der Waals surface area contributed by atoms with Gasteiger partial charge >= 0.3 is 6.18 Å². The zero-order valence-electron chi connectivity index (χ0n) is 47.4. The molecule has 0 aliphatic carbocycles. The third-order valence-electron chi connectivity index (χ3n) is 14.0. The van der Waals surface area contributed by atoms with E-state index in [9.17, 15) is 37.5 Å². The molecule has 4 amide bonds. The van der Waals surface area contributed by atoms with Gasteiger partial charge in [0.1, 0.15) is 30.3 Å². The third kappa shape index (κ3) is 17.3. The second kappa shape index (κ2) is 29.4. The number of carbonyl (C=O) groups is 4. The Labute approximate surface area is 480 Å². The molecule has 4 heterocycles. The van der Waals surface area contributed by atoms with Gasteiger partial charge in [-0.05, 0) is 54.7 Å². The highest BCUT2D eigenvalue weighted by Gasteiger charge is 2.45. The molecule has 20 nitrogen and oxygen atoms in total. The van der Waals surface area contributed by atoms with Crippen molar-refractivity contribution in [2.24, 2.45) is 5.41 Å². The number of hydrogen-bond donors (Lipinski definition) is 6. The monoisotopic (exact) mass is 1160 g/mol. The van der Waals surface area contributed by atoms with E-state index in [4.69, 9.17) is 23.7 Å². The van der Waals surface area contributed by atoms with E-state index in [1.807, 2.05) is 71.0 Å². The zero-order chi connectivity index (χ0) is 59.0. The Balaban J connectivity index is 0.742. The molecular formula is C58H75F3N10O10S. The van der Waals surface area contributed by atoms with Crippen LogP contribution in [0.3, 0.4) is 0 Å². The van der Waals surface area contributed by atoms with Gasteiger partial charge in [-0.3, -0.25) is 24.1 Å². The van der Waals surface area contributed by atoms with Crippen molar-refractivity contribution < 1.29 is 61.1 Å². The number of ether oxygens (including phenoxy) is 5. The Kier molecular flexibility index (Phi) is 22.4. The van der Waals surface area contributed by atoms with Crippen LogP contribution in [0, 0.1) is 12.3 Å². The van der Waals surface area contributed by atoms with Crippen LogP contribution in [-0.4, -0.2) is 173 Å². The molecule has 82 heavy (non-hydrogen) atoms. The highest BCUT2D eigenvalue weighted by atomic mass is 32.1. The molecule has 2 aliphatic rings. The van der Waals surface area contributed by atoms with Gasteiger partial charge in [-0.2, -0.15) is 13.2 Å². The van der Waals surface area contributed by atoms with Crippen LogP contribution in [0.5, 0.6) is 5.75 Å². The van der Waals surface area contributed by atoms with Crippen molar-refractivity contribution in [3.8, 4) is 16.2 Å². The average Bonchev–Trinajstić information content (AvgIpc) is 4.26. The predicted molar refractivity (Wildman–Crippen MR) is 307 cm³/mol. The molecule has 2 saturated heterocycles. The molecule has 4 atom stereocenters. The summed E-state index contributed by atoms with van der Waals surface area (Å²) in [6, 6.07) is 18.7. The van der Waals surface area contributed by atoms with Crippen LogP contribution in [0.4, 0.5) is 41.7 Å². The lowest BCUT2D eigenvalue weighted by Gasteiger charge is -2.36. The van der Waals surface area contributed by atoms with Gasteiger partial charge in [-0.15, -0.1) is 11.3 Å². The number of alkyl halides is 3. The van der Waals surface area contributed by atoms with Crippen molar-refractivity contribution in [3.05, 3.63) is 107 Å². The summed E-state index contributed by atoms with van der Waals surface area (Å²) in [5.74, 6) is -1.19. The lowest BCUT2D eigenvalue weighted by molar-refractivity contribution is -0.144. The topological polar surface area (TPSA) is 230 Å². The summed E-state index contributed by atoms with van der Waals surface area (Å²) in [6.45, 7) is 15.1. The number of aromatic nitrogens is 2. The fraction of sp³-hybridized carbons (Fsp3) is 0.483. The van der Waals surface area contributed by atoms with Gasteiger partial charge in [0, 0.05) is 76.8 Å². The van der Waals surface area contributed by atoms with Crippen LogP contribution in [0.15, 0.2) is 84.5 Å². The van der Waals surface area contributed by atoms with E-state index in [1.54, 1.807) is 35.0 Å².